The highest BCUT2D eigenvalue weighted by atomic mass is 32.2. The largest absolute Gasteiger partial charge is 0.498 e. The van der Waals surface area contributed by atoms with Crippen LogP contribution in [0.2, 0.25) is 0 Å². The number of hydrogen-bond acceptors (Lipinski definition) is 8. The van der Waals surface area contributed by atoms with Gasteiger partial charge in [-0.1, -0.05) is 52.4 Å². The maximum absolute atomic E-state index is 11.2. The number of alkyl halides is 6. The summed E-state index contributed by atoms with van der Waals surface area (Å²) in [6.07, 6.45) is 15.5. The van der Waals surface area contributed by atoms with Crippen molar-refractivity contribution in [1.82, 2.24) is 9.80 Å². The van der Waals surface area contributed by atoms with Crippen LogP contribution in [0.3, 0.4) is 0 Å². The fourth-order valence-corrected chi connectivity index (χ4v) is 2.83. The summed E-state index contributed by atoms with van der Waals surface area (Å²) in [6.45, 7) is 8.12. The molecule has 1 heterocycles. The third kappa shape index (κ3) is 16.2. The van der Waals surface area contributed by atoms with E-state index < -0.39 is 42.4 Å². The highest BCUT2D eigenvalue weighted by Gasteiger charge is 2.44. The van der Waals surface area contributed by atoms with Crippen LogP contribution in [0, 0.1) is 0 Å². The molecule has 0 aromatic heterocycles. The number of nitrogens with zero attached hydrogens (tertiary/aromatic N) is 2. The van der Waals surface area contributed by atoms with Crippen LogP contribution >= 0.6 is 0 Å². The fourth-order valence-electron chi connectivity index (χ4n) is 2.45. The van der Waals surface area contributed by atoms with Gasteiger partial charge in [-0.15, -0.1) is 0 Å². The maximum atomic E-state index is 11.2. The molecule has 0 saturated heterocycles. The van der Waals surface area contributed by atoms with Gasteiger partial charge in [-0.25, -0.2) is 16.8 Å². The summed E-state index contributed by atoms with van der Waals surface area (Å²) in [4.78, 5) is 4.88. The van der Waals surface area contributed by atoms with E-state index in [-0.39, 0.29) is 0 Å². The van der Waals surface area contributed by atoms with Gasteiger partial charge in [0, 0.05) is 25.5 Å². The first-order valence-corrected chi connectivity index (χ1v) is 14.4. The predicted octanol–water partition coefficient (Wildman–Crippen LogP) is 3.87. The first-order chi connectivity index (χ1) is 16.0. The van der Waals surface area contributed by atoms with E-state index in [9.17, 15) is 43.2 Å². The second-order valence-electron chi connectivity index (χ2n) is 7.64. The molecular weight excluding hydrogens is 526 g/mol. The Bertz CT molecular complexity index is 744. The van der Waals surface area contributed by atoms with Crippen LogP contribution in [-0.2, 0) is 19.7 Å². The van der Waals surface area contributed by atoms with Crippen molar-refractivity contribution in [3.63, 3.8) is 0 Å². The van der Waals surface area contributed by atoms with Crippen molar-refractivity contribution in [2.45, 2.75) is 76.2 Å². The van der Waals surface area contributed by atoms with Gasteiger partial charge in [0.2, 0.25) is 0 Å². The molecule has 8 nitrogen and oxygen atoms in total. The molecule has 212 valence electrons. The smallest absolute Gasteiger partial charge is 0.359 e. The Labute approximate surface area is 204 Å². The zero-order valence-corrected chi connectivity index (χ0v) is 21.7. The highest BCUT2D eigenvalue weighted by Crippen LogP contribution is 2.22. The number of nitrogens with two attached hydrogens (primary N) is 2. The third-order valence-corrected chi connectivity index (χ3v) is 6.88. The Morgan fingerprint density at radius 3 is 1.31 bits per heavy atom. The second-order valence-corrected chi connectivity index (χ2v) is 11.7. The van der Waals surface area contributed by atoms with Crippen LogP contribution in [0.15, 0.2) is 12.4 Å². The average molecular weight is 565 g/mol. The molecule has 0 aliphatic carbocycles. The van der Waals surface area contributed by atoms with Crippen LogP contribution in [0.4, 0.5) is 26.3 Å². The standard InChI is InChI=1S/C15H30N2.2C2H4F3NO2S/c1-3-5-7-8-9-10-12-17-14-13-16(15-17)11-6-4-2;2*3-2(4,5)9(7,8)1-6/h13-14H,3-12,15H2,1-2H3;2*1,6H2. The lowest BCUT2D eigenvalue weighted by Crippen LogP contribution is -2.29. The van der Waals surface area contributed by atoms with Crippen LogP contribution in [0.5, 0.6) is 0 Å². The van der Waals surface area contributed by atoms with Crippen molar-refractivity contribution in [3.05, 3.63) is 12.4 Å². The monoisotopic (exact) mass is 564 g/mol. The molecule has 0 spiro atoms. The van der Waals surface area contributed by atoms with E-state index in [1.165, 1.54) is 64.5 Å². The van der Waals surface area contributed by atoms with Crippen molar-refractivity contribution in [2.24, 2.45) is 11.5 Å². The Balaban J connectivity index is 0. The van der Waals surface area contributed by atoms with E-state index >= 15 is 0 Å². The second kappa shape index (κ2) is 17.2. The van der Waals surface area contributed by atoms with E-state index in [4.69, 9.17) is 0 Å². The predicted molar refractivity (Wildman–Crippen MR) is 124 cm³/mol. The summed E-state index contributed by atoms with van der Waals surface area (Å²) in [5.41, 5.74) is -1.84. The van der Waals surface area contributed by atoms with E-state index in [1.54, 1.807) is 0 Å². The molecular formula is C19H38F6N4O4S2. The zero-order chi connectivity index (χ0) is 27.8. The van der Waals surface area contributed by atoms with Gasteiger partial charge in [-0.3, -0.25) is 0 Å². The molecule has 35 heavy (non-hydrogen) atoms. The Morgan fingerprint density at radius 1 is 0.657 bits per heavy atom. The minimum absolute atomic E-state index is 1.12. The fraction of sp³-hybridized carbons (Fsp3) is 0.895. The lowest BCUT2D eigenvalue weighted by atomic mass is 10.1. The lowest BCUT2D eigenvalue weighted by molar-refractivity contribution is -0.0441. The number of unbranched alkanes of at least 4 members (excludes halogenated alkanes) is 6. The summed E-state index contributed by atoms with van der Waals surface area (Å²) in [6, 6.07) is 0. The molecule has 0 aromatic carbocycles. The Morgan fingerprint density at radius 2 is 1.00 bits per heavy atom. The van der Waals surface area contributed by atoms with Crippen molar-refractivity contribution >= 4 is 19.7 Å². The van der Waals surface area contributed by atoms with E-state index in [0.29, 0.717) is 0 Å². The molecule has 0 atom stereocenters. The number of hydrogen-bond donors (Lipinski definition) is 2. The molecule has 0 saturated carbocycles. The molecule has 1 aliphatic rings. The molecule has 0 radical (unpaired) electrons. The molecule has 0 unspecified atom stereocenters. The summed E-state index contributed by atoms with van der Waals surface area (Å²) in [5.74, 6) is -2.78. The van der Waals surface area contributed by atoms with E-state index in [0.717, 1.165) is 6.67 Å². The van der Waals surface area contributed by atoms with E-state index in [1.807, 2.05) is 0 Å². The summed E-state index contributed by atoms with van der Waals surface area (Å²) in [5, 5.41) is 0. The summed E-state index contributed by atoms with van der Waals surface area (Å²) < 4.78 is 106. The third-order valence-electron chi connectivity index (χ3n) is 4.59. The maximum Gasteiger partial charge on any atom is 0.498 e. The number of sulfone groups is 2. The molecule has 0 bridgehead atoms. The van der Waals surface area contributed by atoms with Crippen molar-refractivity contribution in [1.29, 1.82) is 0 Å². The van der Waals surface area contributed by atoms with Crippen LogP contribution in [0.25, 0.3) is 0 Å². The summed E-state index contributed by atoms with van der Waals surface area (Å²) in [7, 11) is -10.1. The molecule has 0 fully saturated rings. The molecule has 0 aromatic rings. The molecule has 1 rings (SSSR count). The molecule has 4 N–H and O–H groups in total. The van der Waals surface area contributed by atoms with Gasteiger partial charge in [-0.05, 0) is 12.8 Å². The van der Waals surface area contributed by atoms with Crippen LogP contribution in [-0.4, -0.2) is 69.2 Å². The van der Waals surface area contributed by atoms with Gasteiger partial charge in [0.1, 0.15) is 11.8 Å². The van der Waals surface area contributed by atoms with E-state index in [2.05, 4.69) is 47.5 Å². The molecule has 1 aliphatic heterocycles. The van der Waals surface area contributed by atoms with Gasteiger partial charge in [-0.2, -0.15) is 26.3 Å². The first-order valence-electron chi connectivity index (χ1n) is 11.1. The minimum atomic E-state index is -5.21. The topological polar surface area (TPSA) is 127 Å². The zero-order valence-electron chi connectivity index (χ0n) is 20.1. The van der Waals surface area contributed by atoms with Crippen molar-refractivity contribution in [3.8, 4) is 0 Å². The Kier molecular flexibility index (Phi) is 17.7. The highest BCUT2D eigenvalue weighted by molar-refractivity contribution is 7.92. The van der Waals surface area contributed by atoms with Gasteiger partial charge < -0.3 is 21.3 Å². The van der Waals surface area contributed by atoms with Crippen LogP contribution in [0.1, 0.15) is 65.2 Å². The number of halogens is 6. The SMILES string of the molecule is CCCCCCCCN1C=CN(CCCC)C1.NCS(=O)(=O)C(F)(F)F.NCS(=O)(=O)C(F)(F)F. The minimum Gasteiger partial charge on any atom is -0.359 e. The molecule has 16 heteroatoms. The molecule has 0 amide bonds. The van der Waals surface area contributed by atoms with Crippen molar-refractivity contribution < 1.29 is 43.2 Å². The Hall–Kier alpha value is -1.26. The quantitative estimate of drug-likeness (QED) is 0.270. The normalized spacial score (nSPS) is 14.3. The van der Waals surface area contributed by atoms with Gasteiger partial charge in [0.15, 0.2) is 0 Å². The van der Waals surface area contributed by atoms with Gasteiger partial charge in [0.05, 0.1) is 6.67 Å². The van der Waals surface area contributed by atoms with Gasteiger partial charge >= 0.3 is 11.0 Å². The van der Waals surface area contributed by atoms with Gasteiger partial charge in [0.25, 0.3) is 19.7 Å². The first kappa shape index (κ1) is 35.9. The summed E-state index contributed by atoms with van der Waals surface area (Å²) >= 11 is 0. The van der Waals surface area contributed by atoms with Crippen molar-refractivity contribution in [2.75, 3.05) is 31.5 Å². The van der Waals surface area contributed by atoms with Crippen LogP contribution < -0.4 is 11.5 Å². The number of rotatable bonds is 12. The average Bonchev–Trinajstić information content (AvgIpc) is 3.21. The lowest BCUT2D eigenvalue weighted by Gasteiger charge is -2.21.